The maximum absolute atomic E-state index is 14.1. The summed E-state index contributed by atoms with van der Waals surface area (Å²) in [6.07, 6.45) is 9.24. The molecule has 198 valence electrons. The molecule has 0 saturated heterocycles. The molecule has 0 saturated carbocycles. The van der Waals surface area contributed by atoms with E-state index in [1.54, 1.807) is 12.1 Å². The van der Waals surface area contributed by atoms with Crippen molar-refractivity contribution in [1.29, 1.82) is 0 Å². The Labute approximate surface area is 242 Å². The minimum absolute atomic E-state index is 0.000879. The van der Waals surface area contributed by atoms with Crippen LogP contribution in [-0.4, -0.2) is 19.8 Å². The lowest BCUT2D eigenvalue weighted by atomic mass is 9.84. The van der Waals surface area contributed by atoms with E-state index in [-0.39, 0.29) is 11.7 Å². The highest BCUT2D eigenvalue weighted by Gasteiger charge is 2.26. The van der Waals surface area contributed by atoms with Gasteiger partial charge in [0, 0.05) is 63.9 Å². The van der Waals surface area contributed by atoms with Crippen LogP contribution in [0.3, 0.4) is 0 Å². The molecule has 2 nitrogen and oxygen atoms in total. The Kier molecular flexibility index (Phi) is 8.74. The molecule has 0 aliphatic carbocycles. The Bertz CT molecular complexity index is 1440. The van der Waals surface area contributed by atoms with Crippen LogP contribution in [0.2, 0.25) is 0 Å². The first-order valence-electron chi connectivity index (χ1n) is 13.6. The van der Waals surface area contributed by atoms with Crippen LogP contribution in [0.25, 0.3) is 21.8 Å². The van der Waals surface area contributed by atoms with E-state index in [0.29, 0.717) is 0 Å². The van der Waals surface area contributed by atoms with E-state index in [2.05, 4.69) is 104 Å². The van der Waals surface area contributed by atoms with Crippen LogP contribution in [0.5, 0.6) is 0 Å². The fourth-order valence-corrected chi connectivity index (χ4v) is 6.44. The Hall–Kier alpha value is -2.37. The van der Waals surface area contributed by atoms with Crippen LogP contribution in [0.4, 0.5) is 4.39 Å². The van der Waals surface area contributed by atoms with Crippen molar-refractivity contribution in [1.82, 2.24) is 9.13 Å². The molecule has 0 fully saturated rings. The molecular formula is C33H35Br2FN2. The highest BCUT2D eigenvalue weighted by Crippen LogP contribution is 2.41. The lowest BCUT2D eigenvalue weighted by molar-refractivity contribution is 0.626. The number of nitrogens with zero attached hydrogens (tertiary/aromatic N) is 2. The van der Waals surface area contributed by atoms with Crippen molar-refractivity contribution in [2.45, 2.75) is 58.5 Å². The lowest BCUT2D eigenvalue weighted by Crippen LogP contribution is -2.04. The number of benzene rings is 3. The van der Waals surface area contributed by atoms with Gasteiger partial charge in [0.1, 0.15) is 5.82 Å². The summed E-state index contributed by atoms with van der Waals surface area (Å²) in [5.74, 6) is -0.201. The molecule has 0 amide bonds. The number of halogens is 3. The van der Waals surface area contributed by atoms with Crippen molar-refractivity contribution >= 4 is 53.7 Å². The minimum atomic E-state index is -0.200. The van der Waals surface area contributed by atoms with Gasteiger partial charge in [-0.05, 0) is 92.6 Å². The van der Waals surface area contributed by atoms with Crippen molar-refractivity contribution in [3.63, 3.8) is 0 Å². The fraction of sp³-hybridized carbons (Fsp3) is 0.333. The SMILES string of the molecule is Cc1ccc2c(c1)c(C(c1ccc(F)cc1)c1cn(CCCCBr)c3ccc(C)cc13)cn2CCCCBr. The number of unbranched alkanes of at least 4 members (excludes halogenated alkanes) is 2. The predicted molar refractivity (Wildman–Crippen MR) is 167 cm³/mol. The number of rotatable bonds is 11. The quantitative estimate of drug-likeness (QED) is 0.101. The average molecular weight is 638 g/mol. The van der Waals surface area contributed by atoms with E-state index in [1.165, 1.54) is 44.1 Å². The van der Waals surface area contributed by atoms with Gasteiger partial charge in [0.2, 0.25) is 0 Å². The fourth-order valence-electron chi connectivity index (χ4n) is 5.64. The molecule has 5 heteroatoms. The molecule has 0 unspecified atom stereocenters. The molecule has 0 spiro atoms. The Morgan fingerprint density at radius 3 is 1.58 bits per heavy atom. The summed E-state index contributed by atoms with van der Waals surface area (Å²) in [6.45, 7) is 6.29. The molecule has 0 aliphatic rings. The smallest absolute Gasteiger partial charge is 0.123 e. The molecule has 0 aliphatic heterocycles. The van der Waals surface area contributed by atoms with Gasteiger partial charge in [-0.1, -0.05) is 67.3 Å². The van der Waals surface area contributed by atoms with E-state index >= 15 is 0 Å². The second-order valence-corrected chi connectivity index (χ2v) is 12.0. The third-order valence-corrected chi connectivity index (χ3v) is 8.65. The van der Waals surface area contributed by atoms with Gasteiger partial charge in [0.25, 0.3) is 0 Å². The van der Waals surface area contributed by atoms with Gasteiger partial charge in [0.15, 0.2) is 0 Å². The first-order valence-corrected chi connectivity index (χ1v) is 15.8. The van der Waals surface area contributed by atoms with Crippen molar-refractivity contribution in [2.24, 2.45) is 0 Å². The summed E-state index contributed by atoms with van der Waals surface area (Å²) >= 11 is 7.17. The molecule has 3 aromatic carbocycles. The highest BCUT2D eigenvalue weighted by atomic mass is 79.9. The third-order valence-electron chi connectivity index (χ3n) is 7.53. The average Bonchev–Trinajstić information content (AvgIpc) is 3.43. The molecule has 5 rings (SSSR count). The predicted octanol–water partition coefficient (Wildman–Crippen LogP) is 9.88. The summed E-state index contributed by atoms with van der Waals surface area (Å²) < 4.78 is 18.9. The van der Waals surface area contributed by atoms with Gasteiger partial charge in [-0.25, -0.2) is 4.39 Å². The number of alkyl halides is 2. The zero-order valence-corrected chi connectivity index (χ0v) is 25.4. The summed E-state index contributed by atoms with van der Waals surface area (Å²) in [5.41, 5.74) is 8.73. The minimum Gasteiger partial charge on any atom is -0.347 e. The number of aromatic nitrogens is 2. The first kappa shape index (κ1) is 27.2. The second kappa shape index (κ2) is 12.2. The topological polar surface area (TPSA) is 9.86 Å². The molecule has 0 radical (unpaired) electrons. The molecule has 2 aromatic heterocycles. The Morgan fingerprint density at radius 1 is 0.658 bits per heavy atom. The van der Waals surface area contributed by atoms with Crippen LogP contribution in [0.15, 0.2) is 73.1 Å². The van der Waals surface area contributed by atoms with Gasteiger partial charge in [-0.15, -0.1) is 0 Å². The van der Waals surface area contributed by atoms with Gasteiger partial charge in [-0.3, -0.25) is 0 Å². The van der Waals surface area contributed by atoms with Crippen LogP contribution in [-0.2, 0) is 13.1 Å². The molecule has 0 atom stereocenters. The van der Waals surface area contributed by atoms with Crippen LogP contribution in [0.1, 0.15) is 59.4 Å². The first-order chi connectivity index (χ1) is 18.5. The largest absolute Gasteiger partial charge is 0.347 e. The summed E-state index contributed by atoms with van der Waals surface area (Å²) in [6, 6.07) is 20.7. The van der Waals surface area contributed by atoms with Crippen molar-refractivity contribution < 1.29 is 4.39 Å². The zero-order chi connectivity index (χ0) is 26.6. The van der Waals surface area contributed by atoms with E-state index in [0.717, 1.165) is 55.0 Å². The number of hydrogen-bond acceptors (Lipinski definition) is 0. The lowest BCUT2D eigenvalue weighted by Gasteiger charge is -2.18. The van der Waals surface area contributed by atoms with Crippen molar-refractivity contribution in [2.75, 3.05) is 10.7 Å². The van der Waals surface area contributed by atoms with Crippen LogP contribution >= 0.6 is 31.9 Å². The van der Waals surface area contributed by atoms with Crippen molar-refractivity contribution in [3.8, 4) is 0 Å². The standard InChI is InChI=1S/C33H35Br2FN2/c1-23-7-13-31-27(19-23)29(21-37(31)17-5-3-15-34)33(25-9-11-26(36)12-10-25)30-22-38(18-6-4-16-35)32-14-8-24(2)20-28(30)32/h7-14,19-22,33H,3-6,15-18H2,1-2H3. The number of fused-ring (bicyclic) bond motifs is 2. The summed E-state index contributed by atoms with van der Waals surface area (Å²) in [4.78, 5) is 0. The highest BCUT2D eigenvalue weighted by molar-refractivity contribution is 9.09. The Morgan fingerprint density at radius 2 is 1.13 bits per heavy atom. The zero-order valence-electron chi connectivity index (χ0n) is 22.2. The van der Waals surface area contributed by atoms with Gasteiger partial charge in [-0.2, -0.15) is 0 Å². The molecule has 5 aromatic rings. The van der Waals surface area contributed by atoms with Crippen LogP contribution < -0.4 is 0 Å². The van der Waals surface area contributed by atoms with E-state index in [1.807, 2.05) is 12.1 Å². The Balaban J connectivity index is 1.74. The molecule has 38 heavy (non-hydrogen) atoms. The molecule has 2 heterocycles. The van der Waals surface area contributed by atoms with E-state index in [4.69, 9.17) is 0 Å². The van der Waals surface area contributed by atoms with Gasteiger partial charge >= 0.3 is 0 Å². The van der Waals surface area contributed by atoms with Crippen LogP contribution in [0, 0.1) is 19.7 Å². The maximum atomic E-state index is 14.1. The van der Waals surface area contributed by atoms with Crippen molar-refractivity contribution in [3.05, 3.63) is 107 Å². The maximum Gasteiger partial charge on any atom is 0.123 e. The monoisotopic (exact) mass is 636 g/mol. The summed E-state index contributed by atoms with van der Waals surface area (Å²) in [7, 11) is 0. The number of hydrogen-bond donors (Lipinski definition) is 0. The second-order valence-electron chi connectivity index (χ2n) is 10.4. The molecular weight excluding hydrogens is 603 g/mol. The molecule has 0 bridgehead atoms. The van der Waals surface area contributed by atoms with Gasteiger partial charge < -0.3 is 9.13 Å². The van der Waals surface area contributed by atoms with Gasteiger partial charge in [0.05, 0.1) is 0 Å². The summed E-state index contributed by atoms with van der Waals surface area (Å²) in [5, 5.41) is 4.60. The third kappa shape index (κ3) is 5.65. The number of aryl methyl sites for hydroxylation is 4. The molecule has 0 N–H and O–H groups in total. The normalized spacial score (nSPS) is 11.8. The van der Waals surface area contributed by atoms with E-state index in [9.17, 15) is 4.39 Å². The van der Waals surface area contributed by atoms with E-state index < -0.39 is 0 Å².